The number of unbranched alkanes of at least 4 members (excludes halogenated alkanes) is 1. The van der Waals surface area contributed by atoms with Crippen LogP contribution >= 0.6 is 23.2 Å². The van der Waals surface area contributed by atoms with Gasteiger partial charge in [0.2, 0.25) is 11.8 Å². The zero-order valence-electron chi connectivity index (χ0n) is 46.3. The molecule has 2 saturated carbocycles. The minimum absolute atomic E-state index is 0.0131. The summed E-state index contributed by atoms with van der Waals surface area (Å²) in [6.45, 7) is 6.38. The number of hydrogen-bond donors (Lipinski definition) is 6. The first-order valence-corrected chi connectivity index (χ1v) is 28.8. The SMILES string of the molecule is CC1(NCCCCC(NC(=O)c2ccc(-c3ccccc3)cc2)C(=O)NCc2cccc(COc3ccc(C4CC4(C)NCCCC(NC(=O)c4ccc(C(F)(F)F)cc4)C(=O)NCc4ccccn4)cc3)c2)CC1c1ccc(Cl)c(Cl)c1. The van der Waals surface area contributed by atoms with Gasteiger partial charge in [-0.3, -0.25) is 24.2 Å². The van der Waals surface area contributed by atoms with Crippen molar-refractivity contribution in [3.05, 3.63) is 225 Å². The Morgan fingerprint density at radius 3 is 1.78 bits per heavy atom. The highest BCUT2D eigenvalue weighted by Crippen LogP contribution is 2.52. The Morgan fingerprint density at radius 2 is 1.16 bits per heavy atom. The number of nitrogens with one attached hydrogen (secondary N) is 6. The van der Waals surface area contributed by atoms with E-state index in [9.17, 15) is 32.3 Å². The second kappa shape index (κ2) is 27.2. The summed E-state index contributed by atoms with van der Waals surface area (Å²) in [6.07, 6.45) is 1.74. The van der Waals surface area contributed by atoms with Crippen molar-refractivity contribution < 1.29 is 37.1 Å². The van der Waals surface area contributed by atoms with Crippen molar-refractivity contribution in [2.45, 2.75) is 120 Å². The molecule has 432 valence electrons. The molecular formula is C66H68Cl2F3N7O5. The van der Waals surface area contributed by atoms with Gasteiger partial charge >= 0.3 is 6.18 Å². The van der Waals surface area contributed by atoms with E-state index >= 15 is 0 Å². The number of alkyl halides is 3. The van der Waals surface area contributed by atoms with Crippen LogP contribution < -0.4 is 36.6 Å². The molecule has 6 unspecified atom stereocenters. The molecule has 6 N–H and O–H groups in total. The van der Waals surface area contributed by atoms with Crippen molar-refractivity contribution in [3.63, 3.8) is 0 Å². The highest BCUT2D eigenvalue weighted by molar-refractivity contribution is 6.42. The first-order chi connectivity index (χ1) is 39.9. The Balaban J connectivity index is 0.737. The van der Waals surface area contributed by atoms with Gasteiger partial charge in [0.25, 0.3) is 11.8 Å². The number of amides is 4. The molecule has 83 heavy (non-hydrogen) atoms. The Kier molecular flexibility index (Phi) is 19.7. The fourth-order valence-corrected chi connectivity index (χ4v) is 10.8. The van der Waals surface area contributed by atoms with Gasteiger partial charge in [0.15, 0.2) is 0 Å². The van der Waals surface area contributed by atoms with E-state index in [1.165, 1.54) is 0 Å². The van der Waals surface area contributed by atoms with Gasteiger partial charge < -0.3 is 36.6 Å². The van der Waals surface area contributed by atoms with Crippen molar-refractivity contribution in [2.75, 3.05) is 13.1 Å². The summed E-state index contributed by atoms with van der Waals surface area (Å²) in [6, 6.07) is 46.5. The van der Waals surface area contributed by atoms with Gasteiger partial charge in [-0.2, -0.15) is 13.2 Å². The Bertz CT molecular complexity index is 3340. The van der Waals surface area contributed by atoms with Crippen LogP contribution in [0.4, 0.5) is 13.2 Å². The van der Waals surface area contributed by atoms with Crippen molar-refractivity contribution in [2.24, 2.45) is 0 Å². The van der Waals surface area contributed by atoms with Crippen LogP contribution in [-0.2, 0) is 35.5 Å². The maximum atomic E-state index is 14.0. The summed E-state index contributed by atoms with van der Waals surface area (Å²) in [5.74, 6) is -0.384. The lowest BCUT2D eigenvalue weighted by molar-refractivity contribution is -0.137. The summed E-state index contributed by atoms with van der Waals surface area (Å²) in [5.41, 5.74) is 6.15. The second-order valence-electron chi connectivity index (χ2n) is 22.0. The molecule has 7 aromatic rings. The number of benzene rings is 6. The van der Waals surface area contributed by atoms with Crippen molar-refractivity contribution in [1.82, 2.24) is 36.9 Å². The minimum Gasteiger partial charge on any atom is -0.489 e. The number of hydrogen-bond acceptors (Lipinski definition) is 8. The smallest absolute Gasteiger partial charge is 0.416 e. The average Bonchev–Trinajstić information content (AvgIpc) is 3.44. The molecule has 0 bridgehead atoms. The van der Waals surface area contributed by atoms with E-state index in [2.05, 4.69) is 62.9 Å². The van der Waals surface area contributed by atoms with Gasteiger partial charge in [0, 0.05) is 46.8 Å². The van der Waals surface area contributed by atoms with Crippen molar-refractivity contribution in [3.8, 4) is 16.9 Å². The molecule has 12 nitrogen and oxygen atoms in total. The van der Waals surface area contributed by atoms with Crippen LogP contribution in [0.5, 0.6) is 5.75 Å². The highest BCUT2D eigenvalue weighted by atomic mass is 35.5. The van der Waals surface area contributed by atoms with E-state index in [1.807, 2.05) is 97.1 Å². The quantitative estimate of drug-likeness (QED) is 0.0277. The molecule has 0 spiro atoms. The number of pyridine rings is 1. The Morgan fingerprint density at radius 1 is 0.590 bits per heavy atom. The minimum atomic E-state index is -4.54. The molecule has 0 aliphatic heterocycles. The number of nitrogens with zero attached hydrogens (tertiary/aromatic N) is 1. The van der Waals surface area contributed by atoms with E-state index in [0.717, 1.165) is 83.5 Å². The molecule has 2 aliphatic rings. The van der Waals surface area contributed by atoms with E-state index in [4.69, 9.17) is 27.9 Å². The fourth-order valence-electron chi connectivity index (χ4n) is 10.5. The average molecular weight is 1170 g/mol. The summed E-state index contributed by atoms with van der Waals surface area (Å²) >= 11 is 12.5. The maximum absolute atomic E-state index is 14.0. The number of carbonyl (C=O) groups is 4. The monoisotopic (exact) mass is 1170 g/mol. The molecule has 9 rings (SSSR count). The lowest BCUT2D eigenvalue weighted by atomic mass is 10.0. The van der Waals surface area contributed by atoms with Crippen LogP contribution in [-0.4, -0.2) is 64.9 Å². The van der Waals surface area contributed by atoms with Crippen LogP contribution in [0.3, 0.4) is 0 Å². The Hall–Kier alpha value is -7.56. The zero-order valence-corrected chi connectivity index (χ0v) is 47.9. The number of carbonyl (C=O) groups excluding carboxylic acids is 4. The van der Waals surface area contributed by atoms with Crippen LogP contribution in [0.1, 0.15) is 125 Å². The third kappa shape index (κ3) is 16.6. The van der Waals surface area contributed by atoms with Gasteiger partial charge in [0.1, 0.15) is 24.4 Å². The van der Waals surface area contributed by atoms with Gasteiger partial charge in [-0.1, -0.05) is 114 Å². The lowest BCUT2D eigenvalue weighted by Gasteiger charge is -2.20. The number of ether oxygens (including phenoxy) is 1. The van der Waals surface area contributed by atoms with Gasteiger partial charge in [0.05, 0.1) is 27.8 Å². The summed E-state index contributed by atoms with van der Waals surface area (Å²) in [7, 11) is 0. The fraction of sp³-hybridized carbons (Fsp3) is 0.318. The van der Waals surface area contributed by atoms with Gasteiger partial charge in [-0.25, -0.2) is 0 Å². The van der Waals surface area contributed by atoms with Crippen molar-refractivity contribution >= 4 is 46.8 Å². The number of aromatic nitrogens is 1. The molecular weight excluding hydrogens is 1100 g/mol. The molecule has 4 amide bonds. The van der Waals surface area contributed by atoms with E-state index in [1.54, 1.807) is 36.5 Å². The molecule has 2 aliphatic carbocycles. The third-order valence-electron chi connectivity index (χ3n) is 15.8. The van der Waals surface area contributed by atoms with Crippen LogP contribution in [0.25, 0.3) is 11.1 Å². The summed E-state index contributed by atoms with van der Waals surface area (Å²) in [4.78, 5) is 58.4. The first-order valence-electron chi connectivity index (χ1n) is 28.1. The Labute approximate surface area is 492 Å². The largest absolute Gasteiger partial charge is 0.489 e. The molecule has 6 atom stereocenters. The lowest BCUT2D eigenvalue weighted by Crippen LogP contribution is -2.47. The molecule has 2 fully saturated rings. The highest BCUT2D eigenvalue weighted by Gasteiger charge is 2.51. The second-order valence-corrected chi connectivity index (χ2v) is 22.8. The standard InChI is InChI=1S/C66H68Cl2F3N7O5/c1-64(76-35-11-18-59(63(82)74-41-52-16-6-8-33-72-52)78-61(80)49-23-28-51(29-24-49)66(69,70)71)38-54(64)47-25-30-53(31-26-47)83-42-44-13-10-12-43(36-44)40-73-62(81)58(77-60(79)48-21-19-46(20-22-48)45-14-4-3-5-15-45)17-7-9-34-75-65(2)39-55(65)50-27-32-56(67)57(68)37-50/h3-6,8,10,12-16,19-33,36-37,54-55,58-59,75-76H,7,9,11,17-18,34-35,38-42H2,1-2H3,(H,73,81)(H,74,82)(H,77,79)(H,78,80). The van der Waals surface area contributed by atoms with Gasteiger partial charge in [-0.15, -0.1) is 0 Å². The maximum Gasteiger partial charge on any atom is 0.416 e. The number of halogens is 5. The predicted molar refractivity (Wildman–Crippen MR) is 318 cm³/mol. The van der Waals surface area contributed by atoms with Gasteiger partial charge in [-0.05, 0) is 178 Å². The topological polar surface area (TPSA) is 163 Å². The van der Waals surface area contributed by atoms with E-state index < -0.39 is 35.6 Å². The molecule has 1 heterocycles. The van der Waals surface area contributed by atoms with Crippen molar-refractivity contribution in [1.29, 1.82) is 0 Å². The first kappa shape index (κ1) is 60.0. The predicted octanol–water partition coefficient (Wildman–Crippen LogP) is 12.5. The third-order valence-corrected chi connectivity index (χ3v) is 16.5. The zero-order chi connectivity index (χ0) is 58.6. The summed E-state index contributed by atoms with van der Waals surface area (Å²) in [5, 5.41) is 20.1. The molecule has 1 aromatic heterocycles. The van der Waals surface area contributed by atoms with Crippen LogP contribution in [0.2, 0.25) is 10.0 Å². The normalized spacial score (nSPS) is 18.7. The molecule has 6 aromatic carbocycles. The van der Waals surface area contributed by atoms with E-state index in [-0.39, 0.29) is 53.9 Å². The van der Waals surface area contributed by atoms with Crippen LogP contribution in [0, 0.1) is 0 Å². The number of rotatable bonds is 27. The molecule has 0 radical (unpaired) electrons. The summed E-state index contributed by atoms with van der Waals surface area (Å²) < 4.78 is 45.7. The van der Waals surface area contributed by atoms with E-state index in [0.29, 0.717) is 65.4 Å². The molecule has 17 heteroatoms. The van der Waals surface area contributed by atoms with Crippen LogP contribution in [0.15, 0.2) is 170 Å². The molecule has 0 saturated heterocycles.